The van der Waals surface area contributed by atoms with Crippen molar-refractivity contribution >= 4 is 40.0 Å². The van der Waals surface area contributed by atoms with Crippen LogP contribution in [0.1, 0.15) is 45.1 Å². The zero-order chi connectivity index (χ0) is 23.9. The first-order chi connectivity index (χ1) is 16.5. The minimum Gasteiger partial charge on any atom is -0.489 e. The molecule has 2 aromatic carbocycles. The first-order valence-electron chi connectivity index (χ1n) is 12.5. The van der Waals surface area contributed by atoms with Crippen LogP contribution in [0.2, 0.25) is 0 Å². The van der Waals surface area contributed by atoms with Crippen LogP contribution >= 0.6 is 22.6 Å². The maximum absolute atomic E-state index is 12.5. The number of urea groups is 1. The van der Waals surface area contributed by atoms with Crippen LogP contribution in [0.25, 0.3) is 0 Å². The summed E-state index contributed by atoms with van der Waals surface area (Å²) in [5.74, 6) is 0.983. The second kappa shape index (κ2) is 12.1. The molecule has 2 amide bonds. The number of para-hydroxylation sites is 3. The predicted molar refractivity (Wildman–Crippen MR) is 148 cm³/mol. The fourth-order valence-electron chi connectivity index (χ4n) is 5.09. The molecule has 0 aromatic heterocycles. The van der Waals surface area contributed by atoms with Crippen molar-refractivity contribution in [1.82, 2.24) is 10.2 Å². The molecule has 1 aliphatic carbocycles. The molecule has 184 valence electrons. The molecular weight excluding hydrogens is 539 g/mol. The van der Waals surface area contributed by atoms with Gasteiger partial charge in [0.2, 0.25) is 0 Å². The topological polar surface area (TPSA) is 56.8 Å². The molecule has 0 atom stereocenters. The number of rotatable bonds is 7. The zero-order valence-corrected chi connectivity index (χ0v) is 22.5. The number of nitrogens with one attached hydrogen (secondary N) is 2. The number of nitrogens with zero attached hydrogens (tertiary/aromatic N) is 2. The molecule has 0 spiro atoms. The average Bonchev–Trinajstić information content (AvgIpc) is 2.85. The minimum atomic E-state index is -0.0864. The van der Waals surface area contributed by atoms with Gasteiger partial charge in [0.1, 0.15) is 5.75 Å². The Labute approximate surface area is 217 Å². The lowest BCUT2D eigenvalue weighted by Crippen LogP contribution is -2.52. The summed E-state index contributed by atoms with van der Waals surface area (Å²) in [6.07, 6.45) is 4.54. The van der Waals surface area contributed by atoms with E-state index in [0.717, 1.165) is 73.3 Å². The first-order valence-corrected chi connectivity index (χ1v) is 14.0. The fraction of sp³-hybridized carbons (Fsp3) is 0.519. The molecule has 34 heavy (non-hydrogen) atoms. The molecule has 4 rings (SSSR count). The van der Waals surface area contributed by atoms with Crippen molar-refractivity contribution in [2.75, 3.05) is 36.4 Å². The Bertz CT molecular complexity index is 938. The van der Waals surface area contributed by atoms with E-state index in [4.69, 9.17) is 4.74 Å². The van der Waals surface area contributed by atoms with Crippen LogP contribution in [0.3, 0.4) is 0 Å². The van der Waals surface area contributed by atoms with E-state index in [1.807, 2.05) is 24.3 Å². The average molecular weight is 577 g/mol. The monoisotopic (exact) mass is 576 g/mol. The van der Waals surface area contributed by atoms with Gasteiger partial charge in [-0.3, -0.25) is 4.90 Å². The maximum Gasteiger partial charge on any atom is 0.319 e. The number of benzene rings is 2. The number of amides is 2. The van der Waals surface area contributed by atoms with Crippen molar-refractivity contribution in [2.24, 2.45) is 0 Å². The minimum absolute atomic E-state index is 0.0864. The Kier molecular flexibility index (Phi) is 8.94. The third-order valence-electron chi connectivity index (χ3n) is 6.84. The number of alkyl halides is 1. The fourth-order valence-corrected chi connectivity index (χ4v) is 5.75. The largest absolute Gasteiger partial charge is 0.489 e. The summed E-state index contributed by atoms with van der Waals surface area (Å²) >= 11 is 2.33. The van der Waals surface area contributed by atoms with Crippen LogP contribution in [0, 0.1) is 0 Å². The van der Waals surface area contributed by atoms with Crippen molar-refractivity contribution in [2.45, 2.75) is 62.1 Å². The van der Waals surface area contributed by atoms with Gasteiger partial charge in [0.25, 0.3) is 0 Å². The smallest absolute Gasteiger partial charge is 0.319 e. The number of ether oxygens (including phenoxy) is 1. The summed E-state index contributed by atoms with van der Waals surface area (Å²) in [5.41, 5.74) is 3.26. The Morgan fingerprint density at radius 2 is 1.68 bits per heavy atom. The Hall–Kier alpha value is -2.00. The summed E-state index contributed by atoms with van der Waals surface area (Å²) < 4.78 is 6.92. The van der Waals surface area contributed by atoms with Gasteiger partial charge in [-0.2, -0.15) is 0 Å². The second-order valence-electron chi connectivity index (χ2n) is 9.55. The van der Waals surface area contributed by atoms with E-state index in [2.05, 4.69) is 81.1 Å². The van der Waals surface area contributed by atoms with Crippen LogP contribution in [0.4, 0.5) is 16.2 Å². The van der Waals surface area contributed by atoms with Gasteiger partial charge in [0.05, 0.1) is 11.8 Å². The van der Waals surface area contributed by atoms with Crippen molar-refractivity contribution < 1.29 is 9.53 Å². The van der Waals surface area contributed by atoms with Gasteiger partial charge in [0.15, 0.2) is 0 Å². The van der Waals surface area contributed by atoms with E-state index in [9.17, 15) is 4.79 Å². The molecule has 7 heteroatoms. The van der Waals surface area contributed by atoms with Crippen molar-refractivity contribution in [3.05, 3.63) is 54.1 Å². The molecular formula is C27H37IN4O2. The summed E-state index contributed by atoms with van der Waals surface area (Å²) in [6, 6.07) is 17.2. The molecule has 2 aromatic rings. The number of halogens is 1. The van der Waals surface area contributed by atoms with Crippen molar-refractivity contribution in [3.63, 3.8) is 0 Å². The van der Waals surface area contributed by atoms with Crippen LogP contribution in [0.15, 0.2) is 48.5 Å². The molecule has 1 saturated carbocycles. The second-order valence-corrected chi connectivity index (χ2v) is 10.3. The predicted octanol–water partition coefficient (Wildman–Crippen LogP) is 5.66. The Balaban J connectivity index is 1.22. The van der Waals surface area contributed by atoms with Gasteiger partial charge in [-0.25, -0.2) is 4.79 Å². The molecule has 2 fully saturated rings. The third-order valence-corrected chi connectivity index (χ3v) is 7.66. The summed E-state index contributed by atoms with van der Waals surface area (Å²) in [6.45, 7) is 8.35. The molecule has 0 unspecified atom stereocenters. The lowest BCUT2D eigenvalue weighted by molar-refractivity contribution is 0.137. The molecule has 6 nitrogen and oxygen atoms in total. The SMILES string of the molecule is CC(C)Oc1ccccc1N1CCN([C@H]2CC[C@@H](NC(=O)Nc3ccccc3CI)CC2)CC1. The van der Waals surface area contributed by atoms with Gasteiger partial charge in [-0.15, -0.1) is 0 Å². The number of carbonyl (C=O) groups excluding carboxylic acids is 1. The molecule has 0 radical (unpaired) electrons. The molecule has 0 bridgehead atoms. The van der Waals surface area contributed by atoms with Crippen LogP contribution < -0.4 is 20.3 Å². The highest BCUT2D eigenvalue weighted by atomic mass is 127. The highest BCUT2D eigenvalue weighted by molar-refractivity contribution is 14.1. The van der Waals surface area contributed by atoms with Crippen LogP contribution in [-0.4, -0.2) is 55.3 Å². The van der Waals surface area contributed by atoms with Crippen LogP contribution in [-0.2, 0) is 4.43 Å². The number of piperazine rings is 1. The highest BCUT2D eigenvalue weighted by Crippen LogP contribution is 2.31. The Morgan fingerprint density at radius 3 is 2.38 bits per heavy atom. The van der Waals surface area contributed by atoms with Gasteiger partial charge in [-0.1, -0.05) is 52.9 Å². The normalized spacial score (nSPS) is 21.4. The van der Waals surface area contributed by atoms with E-state index in [-0.39, 0.29) is 18.2 Å². The summed E-state index contributed by atoms with van der Waals surface area (Å²) in [5, 5.41) is 6.24. The van der Waals surface area contributed by atoms with E-state index in [1.54, 1.807) is 0 Å². The van der Waals surface area contributed by atoms with E-state index < -0.39 is 0 Å². The lowest BCUT2D eigenvalue weighted by atomic mass is 9.90. The van der Waals surface area contributed by atoms with Crippen molar-refractivity contribution in [3.8, 4) is 5.75 Å². The molecule has 1 aliphatic heterocycles. The number of anilines is 2. The number of carbonyl (C=O) groups is 1. The van der Waals surface area contributed by atoms with E-state index in [1.165, 1.54) is 5.69 Å². The van der Waals surface area contributed by atoms with E-state index in [0.29, 0.717) is 6.04 Å². The third kappa shape index (κ3) is 6.56. The summed E-state index contributed by atoms with van der Waals surface area (Å²) in [4.78, 5) is 17.7. The molecule has 2 N–H and O–H groups in total. The Morgan fingerprint density at radius 1 is 1.00 bits per heavy atom. The number of hydrogen-bond acceptors (Lipinski definition) is 4. The first kappa shape index (κ1) is 25.1. The van der Waals surface area contributed by atoms with Gasteiger partial charge in [-0.05, 0) is 63.3 Å². The standard InChI is InChI=1S/C27H37IN4O2/c1-20(2)34-26-10-6-5-9-25(26)32-17-15-31(16-18-32)23-13-11-22(12-14-23)29-27(33)30-24-8-4-3-7-21(24)19-28/h3-10,20,22-23H,11-19H2,1-2H3,(H2,29,30,33)/t22-,23+. The van der Waals surface area contributed by atoms with Gasteiger partial charge < -0.3 is 20.3 Å². The van der Waals surface area contributed by atoms with Crippen LogP contribution in [0.5, 0.6) is 5.75 Å². The van der Waals surface area contributed by atoms with E-state index >= 15 is 0 Å². The molecule has 1 saturated heterocycles. The molecule has 1 heterocycles. The highest BCUT2D eigenvalue weighted by Gasteiger charge is 2.29. The molecule has 2 aliphatic rings. The van der Waals surface area contributed by atoms with Gasteiger partial charge in [0, 0.05) is 48.4 Å². The summed E-state index contributed by atoms with van der Waals surface area (Å²) in [7, 11) is 0. The van der Waals surface area contributed by atoms with Gasteiger partial charge >= 0.3 is 6.03 Å². The van der Waals surface area contributed by atoms with Crippen molar-refractivity contribution in [1.29, 1.82) is 0 Å². The number of hydrogen-bond donors (Lipinski definition) is 2. The zero-order valence-electron chi connectivity index (χ0n) is 20.3. The maximum atomic E-state index is 12.5. The quantitative estimate of drug-likeness (QED) is 0.330. The lowest BCUT2D eigenvalue weighted by Gasteiger charge is -2.43.